The third-order valence-corrected chi connectivity index (χ3v) is 3.78. The van der Waals surface area contributed by atoms with Crippen LogP contribution in [-0.4, -0.2) is 25.4 Å². The number of nitrogens with one attached hydrogen (secondary N) is 2. The second kappa shape index (κ2) is 8.15. The molecule has 0 atom stereocenters. The lowest BCUT2D eigenvalue weighted by atomic mass is 10.1. The van der Waals surface area contributed by atoms with E-state index in [1.165, 1.54) is 0 Å². The molecule has 0 spiro atoms. The number of rotatable bonds is 6. The van der Waals surface area contributed by atoms with Gasteiger partial charge in [-0.25, -0.2) is 0 Å². The van der Waals surface area contributed by atoms with Crippen molar-refractivity contribution in [2.45, 2.75) is 20.3 Å². The number of hydrogen-bond donors (Lipinski definition) is 2. The van der Waals surface area contributed by atoms with E-state index in [0.29, 0.717) is 12.1 Å². The number of benzene rings is 2. The molecule has 2 amide bonds. The van der Waals surface area contributed by atoms with Crippen LogP contribution in [0.3, 0.4) is 0 Å². The van der Waals surface area contributed by atoms with E-state index in [1.54, 1.807) is 6.92 Å². The highest BCUT2D eigenvalue weighted by Crippen LogP contribution is 2.23. The van der Waals surface area contributed by atoms with Crippen molar-refractivity contribution in [1.29, 1.82) is 0 Å². The summed E-state index contributed by atoms with van der Waals surface area (Å²) < 4.78 is 0. The van der Waals surface area contributed by atoms with Crippen LogP contribution in [0.2, 0.25) is 0 Å². The first-order valence-electron chi connectivity index (χ1n) is 7.96. The molecule has 0 aliphatic carbocycles. The Morgan fingerprint density at radius 3 is 2.08 bits per heavy atom. The number of carbonyl (C=O) groups excluding carboxylic acids is 2. The average molecular weight is 325 g/mol. The SMILES string of the molecule is CCC(=O)Nc1cccc(NC(=O)CN(C)c2ccccc2)c1C. The van der Waals surface area contributed by atoms with Crippen LogP contribution in [0.25, 0.3) is 0 Å². The Labute approximate surface area is 142 Å². The van der Waals surface area contributed by atoms with Gasteiger partial charge in [-0.1, -0.05) is 31.2 Å². The molecule has 0 heterocycles. The van der Waals surface area contributed by atoms with Gasteiger partial charge in [-0.2, -0.15) is 0 Å². The smallest absolute Gasteiger partial charge is 0.243 e. The summed E-state index contributed by atoms with van der Waals surface area (Å²) in [5.74, 6) is -0.159. The molecule has 5 heteroatoms. The third-order valence-electron chi connectivity index (χ3n) is 3.78. The van der Waals surface area contributed by atoms with Crippen molar-refractivity contribution in [2.75, 3.05) is 29.1 Å². The van der Waals surface area contributed by atoms with Gasteiger partial charge < -0.3 is 15.5 Å². The lowest BCUT2D eigenvalue weighted by molar-refractivity contribution is -0.116. The zero-order chi connectivity index (χ0) is 17.5. The maximum absolute atomic E-state index is 12.3. The maximum atomic E-state index is 12.3. The van der Waals surface area contributed by atoms with Crippen LogP contribution < -0.4 is 15.5 Å². The second-order valence-corrected chi connectivity index (χ2v) is 5.62. The summed E-state index contributed by atoms with van der Waals surface area (Å²) in [6.07, 6.45) is 0.415. The van der Waals surface area contributed by atoms with E-state index in [0.717, 1.165) is 16.9 Å². The molecule has 0 saturated heterocycles. The van der Waals surface area contributed by atoms with Crippen molar-refractivity contribution in [2.24, 2.45) is 0 Å². The number of nitrogens with zero attached hydrogens (tertiary/aromatic N) is 1. The highest BCUT2D eigenvalue weighted by Gasteiger charge is 2.11. The standard InChI is InChI=1S/C19H23N3O2/c1-4-18(23)20-16-11-8-12-17(14(16)2)21-19(24)13-22(3)15-9-6-5-7-10-15/h5-12H,4,13H2,1-3H3,(H,20,23)(H,21,24). The van der Waals surface area contributed by atoms with E-state index in [-0.39, 0.29) is 18.4 Å². The summed E-state index contributed by atoms with van der Waals surface area (Å²) >= 11 is 0. The average Bonchev–Trinajstić information content (AvgIpc) is 2.59. The molecular weight excluding hydrogens is 302 g/mol. The van der Waals surface area contributed by atoms with Gasteiger partial charge in [-0.05, 0) is 36.8 Å². The van der Waals surface area contributed by atoms with E-state index in [9.17, 15) is 9.59 Å². The number of anilines is 3. The predicted octanol–water partition coefficient (Wildman–Crippen LogP) is 3.42. The Balaban J connectivity index is 2.04. The van der Waals surface area contributed by atoms with Crippen LogP contribution >= 0.6 is 0 Å². The largest absolute Gasteiger partial charge is 0.365 e. The van der Waals surface area contributed by atoms with Gasteiger partial charge in [0.1, 0.15) is 0 Å². The first-order valence-corrected chi connectivity index (χ1v) is 7.96. The minimum atomic E-state index is -0.108. The molecule has 24 heavy (non-hydrogen) atoms. The van der Waals surface area contributed by atoms with Gasteiger partial charge in [0.25, 0.3) is 0 Å². The van der Waals surface area contributed by atoms with Gasteiger partial charge in [0.15, 0.2) is 0 Å². The van der Waals surface area contributed by atoms with Crippen molar-refractivity contribution in [3.8, 4) is 0 Å². The van der Waals surface area contributed by atoms with Crippen LogP contribution in [0.1, 0.15) is 18.9 Å². The molecule has 0 fully saturated rings. The molecule has 0 radical (unpaired) electrons. The van der Waals surface area contributed by atoms with Crippen molar-refractivity contribution >= 4 is 28.9 Å². The molecule has 0 aliphatic rings. The quantitative estimate of drug-likeness (QED) is 0.855. The molecule has 0 saturated carbocycles. The molecule has 0 unspecified atom stereocenters. The summed E-state index contributed by atoms with van der Waals surface area (Å²) in [6, 6.07) is 15.2. The normalized spacial score (nSPS) is 10.1. The number of para-hydroxylation sites is 1. The van der Waals surface area contributed by atoms with Crippen molar-refractivity contribution < 1.29 is 9.59 Å². The van der Waals surface area contributed by atoms with Gasteiger partial charge in [0.05, 0.1) is 6.54 Å². The summed E-state index contributed by atoms with van der Waals surface area (Å²) in [4.78, 5) is 25.7. The van der Waals surface area contributed by atoms with Gasteiger partial charge >= 0.3 is 0 Å². The number of likely N-dealkylation sites (N-methyl/N-ethyl adjacent to an activating group) is 1. The Morgan fingerprint density at radius 1 is 0.917 bits per heavy atom. The molecule has 126 valence electrons. The van der Waals surface area contributed by atoms with E-state index >= 15 is 0 Å². The lowest BCUT2D eigenvalue weighted by Gasteiger charge is -2.19. The minimum absolute atomic E-state index is 0.0506. The van der Waals surface area contributed by atoms with E-state index < -0.39 is 0 Å². The highest BCUT2D eigenvalue weighted by atomic mass is 16.2. The molecule has 0 bridgehead atoms. The van der Waals surface area contributed by atoms with Crippen LogP contribution in [0.4, 0.5) is 17.1 Å². The summed E-state index contributed by atoms with van der Waals surface area (Å²) in [6.45, 7) is 3.92. The zero-order valence-electron chi connectivity index (χ0n) is 14.3. The lowest BCUT2D eigenvalue weighted by Crippen LogP contribution is -2.30. The predicted molar refractivity (Wildman–Crippen MR) is 98.4 cm³/mol. The minimum Gasteiger partial charge on any atom is -0.365 e. The molecule has 2 rings (SSSR count). The van der Waals surface area contributed by atoms with E-state index in [4.69, 9.17) is 0 Å². The van der Waals surface area contributed by atoms with Gasteiger partial charge in [0, 0.05) is 30.5 Å². The van der Waals surface area contributed by atoms with Crippen LogP contribution in [0.15, 0.2) is 48.5 Å². The van der Waals surface area contributed by atoms with Crippen LogP contribution in [0, 0.1) is 6.92 Å². The maximum Gasteiger partial charge on any atom is 0.243 e. The summed E-state index contributed by atoms with van der Waals surface area (Å²) in [5, 5.41) is 5.75. The van der Waals surface area contributed by atoms with Crippen molar-refractivity contribution in [3.05, 3.63) is 54.1 Å². The second-order valence-electron chi connectivity index (χ2n) is 5.62. The molecular formula is C19H23N3O2. The fourth-order valence-electron chi connectivity index (χ4n) is 2.32. The zero-order valence-corrected chi connectivity index (χ0v) is 14.3. The third kappa shape index (κ3) is 4.59. The first-order chi connectivity index (χ1) is 11.5. The first kappa shape index (κ1) is 17.5. The molecule has 5 nitrogen and oxygen atoms in total. The van der Waals surface area contributed by atoms with Crippen molar-refractivity contribution in [3.63, 3.8) is 0 Å². The highest BCUT2D eigenvalue weighted by molar-refractivity contribution is 5.97. The van der Waals surface area contributed by atoms with Crippen molar-refractivity contribution in [1.82, 2.24) is 0 Å². The van der Waals surface area contributed by atoms with Gasteiger partial charge in [0.2, 0.25) is 11.8 Å². The van der Waals surface area contributed by atoms with Gasteiger partial charge in [-0.3, -0.25) is 9.59 Å². The number of amides is 2. The summed E-state index contributed by atoms with van der Waals surface area (Å²) in [5.41, 5.74) is 3.25. The topological polar surface area (TPSA) is 61.4 Å². The Kier molecular flexibility index (Phi) is 5.95. The van der Waals surface area contributed by atoms with Crippen LogP contribution in [0.5, 0.6) is 0 Å². The number of hydrogen-bond acceptors (Lipinski definition) is 3. The molecule has 0 aliphatic heterocycles. The Morgan fingerprint density at radius 2 is 1.50 bits per heavy atom. The van der Waals surface area contributed by atoms with Crippen LogP contribution in [-0.2, 0) is 9.59 Å². The van der Waals surface area contributed by atoms with E-state index in [1.807, 2.05) is 67.4 Å². The fourth-order valence-corrected chi connectivity index (χ4v) is 2.32. The Hall–Kier alpha value is -2.82. The monoisotopic (exact) mass is 325 g/mol. The summed E-state index contributed by atoms with van der Waals surface area (Å²) in [7, 11) is 1.87. The fraction of sp³-hybridized carbons (Fsp3) is 0.263. The molecule has 0 aromatic heterocycles. The van der Waals surface area contributed by atoms with E-state index in [2.05, 4.69) is 10.6 Å². The molecule has 2 aromatic rings. The molecule has 2 N–H and O–H groups in total. The van der Waals surface area contributed by atoms with Gasteiger partial charge in [-0.15, -0.1) is 0 Å². The molecule has 2 aromatic carbocycles. The Bertz CT molecular complexity index is 714. The number of carbonyl (C=O) groups is 2.